The molecule has 0 aromatic carbocycles. The first-order valence-electron chi connectivity index (χ1n) is 5.36. The molecule has 1 fully saturated rings. The Morgan fingerprint density at radius 1 is 1.17 bits per heavy atom. The first-order valence-corrected chi connectivity index (χ1v) is 5.36. The van der Waals surface area contributed by atoms with E-state index in [1.165, 1.54) is 19.3 Å². The maximum absolute atomic E-state index is 3.86. The molecule has 0 saturated heterocycles. The molecular formula is C12H24. The Kier molecular flexibility index (Phi) is 6.14. The largest absolute Gasteiger partial charge is 0.103 e. The summed E-state index contributed by atoms with van der Waals surface area (Å²) in [5.41, 5.74) is 0. The molecule has 1 aliphatic rings. The lowest BCUT2D eigenvalue weighted by atomic mass is 9.76. The average Bonchev–Trinajstić information content (AvgIpc) is 2.08. The van der Waals surface area contributed by atoms with Crippen molar-refractivity contribution >= 4 is 0 Å². The van der Waals surface area contributed by atoms with Gasteiger partial charge in [0.1, 0.15) is 0 Å². The van der Waals surface area contributed by atoms with E-state index in [0.29, 0.717) is 0 Å². The zero-order valence-corrected chi connectivity index (χ0v) is 9.14. The zero-order valence-electron chi connectivity index (χ0n) is 9.14. The van der Waals surface area contributed by atoms with Crippen LogP contribution in [0.25, 0.3) is 0 Å². The molecule has 0 radical (unpaired) electrons. The van der Waals surface area contributed by atoms with E-state index >= 15 is 0 Å². The molecule has 0 heterocycles. The van der Waals surface area contributed by atoms with Crippen LogP contribution in [-0.4, -0.2) is 0 Å². The van der Waals surface area contributed by atoms with Gasteiger partial charge in [0.15, 0.2) is 0 Å². The molecule has 0 spiro atoms. The minimum absolute atomic E-state index is 0.802. The van der Waals surface area contributed by atoms with Gasteiger partial charge in [0, 0.05) is 0 Å². The van der Waals surface area contributed by atoms with E-state index in [0.717, 1.165) is 17.8 Å². The molecule has 0 aromatic heterocycles. The molecule has 0 aromatic rings. The fraction of sp³-hybridized carbons (Fsp3) is 0.833. The normalized spacial score (nSPS) is 34.8. The predicted molar refractivity (Wildman–Crippen MR) is 57.2 cm³/mol. The van der Waals surface area contributed by atoms with Gasteiger partial charge >= 0.3 is 0 Å². The van der Waals surface area contributed by atoms with E-state index < -0.39 is 0 Å². The van der Waals surface area contributed by atoms with E-state index in [1.54, 1.807) is 0 Å². The molecule has 0 N–H and O–H groups in total. The molecule has 0 amide bonds. The van der Waals surface area contributed by atoms with Crippen molar-refractivity contribution < 1.29 is 0 Å². The molecule has 1 saturated carbocycles. The van der Waals surface area contributed by atoms with Crippen LogP contribution in [-0.2, 0) is 0 Å². The van der Waals surface area contributed by atoms with E-state index in [4.69, 9.17) is 0 Å². The van der Waals surface area contributed by atoms with Gasteiger partial charge in [-0.05, 0) is 30.6 Å². The third kappa shape index (κ3) is 3.42. The molecule has 0 bridgehead atoms. The van der Waals surface area contributed by atoms with Crippen LogP contribution < -0.4 is 0 Å². The van der Waals surface area contributed by atoms with Crippen LogP contribution >= 0.6 is 0 Å². The summed E-state index contributed by atoms with van der Waals surface area (Å²) in [7, 11) is 0. The van der Waals surface area contributed by atoms with Crippen LogP contribution in [0.2, 0.25) is 0 Å². The lowest BCUT2D eigenvalue weighted by molar-refractivity contribution is 0.243. The van der Waals surface area contributed by atoms with Crippen LogP contribution in [0.4, 0.5) is 0 Å². The van der Waals surface area contributed by atoms with E-state index in [1.807, 2.05) is 13.8 Å². The van der Waals surface area contributed by atoms with Gasteiger partial charge in [-0.25, -0.2) is 0 Å². The summed E-state index contributed by atoms with van der Waals surface area (Å²) in [6.45, 7) is 12.6. The van der Waals surface area contributed by atoms with Crippen molar-refractivity contribution in [2.24, 2.45) is 17.8 Å². The summed E-state index contributed by atoms with van der Waals surface area (Å²) in [4.78, 5) is 0. The van der Waals surface area contributed by atoms with Crippen molar-refractivity contribution in [1.29, 1.82) is 0 Å². The lowest BCUT2D eigenvalue weighted by Crippen LogP contribution is -2.19. The minimum Gasteiger partial charge on any atom is -0.103 e. The van der Waals surface area contributed by atoms with Crippen molar-refractivity contribution in [1.82, 2.24) is 0 Å². The van der Waals surface area contributed by atoms with E-state index in [9.17, 15) is 0 Å². The molecule has 0 heteroatoms. The maximum Gasteiger partial charge on any atom is -0.0210 e. The smallest absolute Gasteiger partial charge is 0.0210 e. The third-order valence-corrected chi connectivity index (χ3v) is 2.80. The highest BCUT2D eigenvalue weighted by atomic mass is 14.3. The highest BCUT2D eigenvalue weighted by Gasteiger charge is 2.22. The van der Waals surface area contributed by atoms with Crippen molar-refractivity contribution in [3.8, 4) is 0 Å². The van der Waals surface area contributed by atoms with Crippen molar-refractivity contribution in [3.05, 3.63) is 12.7 Å². The lowest BCUT2D eigenvalue weighted by Gasteiger charge is -2.30. The number of rotatable bonds is 1. The molecule has 1 aliphatic carbocycles. The quantitative estimate of drug-likeness (QED) is 0.513. The molecular weight excluding hydrogens is 144 g/mol. The SMILES string of the molecule is C=CC1CCC(C)CC1C.CC. The number of hydrogen-bond acceptors (Lipinski definition) is 0. The first kappa shape index (κ1) is 11.7. The first-order chi connectivity index (χ1) is 5.74. The molecule has 3 atom stereocenters. The molecule has 0 nitrogen and oxygen atoms in total. The summed E-state index contributed by atoms with van der Waals surface area (Å²) >= 11 is 0. The van der Waals surface area contributed by atoms with E-state index in [-0.39, 0.29) is 0 Å². The average molecular weight is 168 g/mol. The third-order valence-electron chi connectivity index (χ3n) is 2.80. The predicted octanol–water partition coefficient (Wildman–Crippen LogP) is 4.27. The standard InChI is InChI=1S/C10H18.C2H6/c1-4-10-6-5-8(2)7-9(10)3;1-2/h4,8-10H,1,5-7H2,2-3H3;1-2H3. The Hall–Kier alpha value is -0.260. The van der Waals surface area contributed by atoms with Crippen LogP contribution in [0, 0.1) is 17.8 Å². The Morgan fingerprint density at radius 2 is 1.75 bits per heavy atom. The Bertz CT molecular complexity index is 115. The fourth-order valence-electron chi connectivity index (χ4n) is 2.04. The topological polar surface area (TPSA) is 0 Å². The van der Waals surface area contributed by atoms with Crippen molar-refractivity contribution in [2.45, 2.75) is 47.0 Å². The highest BCUT2D eigenvalue weighted by Crippen LogP contribution is 2.33. The monoisotopic (exact) mass is 168 g/mol. The van der Waals surface area contributed by atoms with Crippen molar-refractivity contribution in [2.75, 3.05) is 0 Å². The van der Waals surface area contributed by atoms with Gasteiger partial charge in [-0.2, -0.15) is 0 Å². The fourth-order valence-corrected chi connectivity index (χ4v) is 2.04. The van der Waals surface area contributed by atoms with Gasteiger partial charge in [0.25, 0.3) is 0 Å². The second-order valence-corrected chi connectivity index (χ2v) is 3.80. The van der Waals surface area contributed by atoms with Gasteiger partial charge < -0.3 is 0 Å². The van der Waals surface area contributed by atoms with Gasteiger partial charge in [0.05, 0.1) is 0 Å². The van der Waals surface area contributed by atoms with Crippen LogP contribution in [0.15, 0.2) is 12.7 Å². The van der Waals surface area contributed by atoms with Crippen LogP contribution in [0.1, 0.15) is 47.0 Å². The molecule has 0 aliphatic heterocycles. The second-order valence-electron chi connectivity index (χ2n) is 3.80. The van der Waals surface area contributed by atoms with Gasteiger partial charge in [-0.3, -0.25) is 0 Å². The van der Waals surface area contributed by atoms with Gasteiger partial charge in [0.2, 0.25) is 0 Å². The highest BCUT2D eigenvalue weighted by molar-refractivity contribution is 4.87. The molecule has 12 heavy (non-hydrogen) atoms. The Labute approximate surface area is 78.1 Å². The van der Waals surface area contributed by atoms with Crippen LogP contribution in [0.3, 0.4) is 0 Å². The van der Waals surface area contributed by atoms with Gasteiger partial charge in [-0.15, -0.1) is 6.58 Å². The number of allylic oxidation sites excluding steroid dienone is 1. The zero-order chi connectivity index (χ0) is 9.56. The van der Waals surface area contributed by atoms with Crippen molar-refractivity contribution in [3.63, 3.8) is 0 Å². The van der Waals surface area contributed by atoms with E-state index in [2.05, 4.69) is 26.5 Å². The summed E-state index contributed by atoms with van der Waals surface area (Å²) in [6, 6.07) is 0. The second kappa shape index (κ2) is 6.28. The molecule has 1 rings (SSSR count). The summed E-state index contributed by atoms with van der Waals surface area (Å²) in [5.74, 6) is 2.63. The number of hydrogen-bond donors (Lipinski definition) is 0. The maximum atomic E-state index is 3.86. The Morgan fingerprint density at radius 3 is 2.17 bits per heavy atom. The molecule has 3 unspecified atom stereocenters. The summed E-state index contributed by atoms with van der Waals surface area (Å²) in [5, 5.41) is 0. The molecule has 72 valence electrons. The minimum atomic E-state index is 0.802. The Balaban J connectivity index is 0.000000561. The van der Waals surface area contributed by atoms with Gasteiger partial charge in [-0.1, -0.05) is 40.2 Å². The van der Waals surface area contributed by atoms with Crippen LogP contribution in [0.5, 0.6) is 0 Å². The summed E-state index contributed by atoms with van der Waals surface area (Å²) < 4.78 is 0. The summed E-state index contributed by atoms with van der Waals surface area (Å²) in [6.07, 6.45) is 6.31.